The van der Waals surface area contributed by atoms with Crippen molar-refractivity contribution in [2.24, 2.45) is 0 Å². The number of para-hydroxylation sites is 1. The summed E-state index contributed by atoms with van der Waals surface area (Å²) in [5.41, 5.74) is 11.8. The highest BCUT2D eigenvalue weighted by Gasteiger charge is 2.36. The van der Waals surface area contributed by atoms with Gasteiger partial charge in [-0.1, -0.05) is 135 Å². The third-order valence-corrected chi connectivity index (χ3v) is 10.3. The molecule has 0 saturated heterocycles. The number of benzene rings is 7. The fourth-order valence-corrected chi connectivity index (χ4v) is 7.62. The van der Waals surface area contributed by atoms with E-state index in [1.807, 2.05) is 42.5 Å². The van der Waals surface area contributed by atoms with E-state index in [-0.39, 0.29) is 5.41 Å². The van der Waals surface area contributed by atoms with Gasteiger partial charge in [-0.2, -0.15) is 0 Å². The maximum Gasteiger partial charge on any atom is 0.164 e. The molecule has 1 aliphatic rings. The molecule has 0 radical (unpaired) electrons. The van der Waals surface area contributed by atoms with Gasteiger partial charge in [0.05, 0.1) is 0 Å². The van der Waals surface area contributed by atoms with E-state index in [0.29, 0.717) is 17.5 Å². The third kappa shape index (κ3) is 4.49. The maximum atomic E-state index is 6.29. The Bertz CT molecular complexity index is 2780. The number of hydrogen-bond acceptors (Lipinski definition) is 4. The van der Waals surface area contributed by atoms with Crippen molar-refractivity contribution in [3.8, 4) is 56.4 Å². The van der Waals surface area contributed by atoms with E-state index in [1.165, 1.54) is 38.6 Å². The van der Waals surface area contributed by atoms with Crippen LogP contribution in [-0.2, 0) is 5.41 Å². The Morgan fingerprint density at radius 2 is 1.00 bits per heavy atom. The molecule has 0 bridgehead atoms. The zero-order valence-electron chi connectivity index (χ0n) is 27.7. The Morgan fingerprint density at radius 3 is 1.80 bits per heavy atom. The zero-order chi connectivity index (χ0) is 33.4. The first-order valence-electron chi connectivity index (χ1n) is 17.0. The van der Waals surface area contributed by atoms with Crippen molar-refractivity contribution in [1.29, 1.82) is 0 Å². The summed E-state index contributed by atoms with van der Waals surface area (Å²) in [5.74, 6) is 1.95. The molecule has 7 aromatic carbocycles. The first-order chi connectivity index (χ1) is 24.5. The number of aromatic nitrogens is 3. The SMILES string of the molecule is CC1(C)c2cc(-c3nc(-c4ccccc4)nc(-c4ccc(-c5ccc6ccccc6c5)cc4)n3)ccc2-c2cc3oc4ccccc4c3cc21. The predicted molar refractivity (Wildman–Crippen MR) is 204 cm³/mol. The van der Waals surface area contributed by atoms with Crippen molar-refractivity contribution < 1.29 is 4.42 Å². The van der Waals surface area contributed by atoms with Crippen molar-refractivity contribution >= 4 is 32.7 Å². The minimum Gasteiger partial charge on any atom is -0.456 e. The van der Waals surface area contributed by atoms with E-state index < -0.39 is 0 Å². The molecule has 4 heteroatoms. The van der Waals surface area contributed by atoms with Crippen molar-refractivity contribution in [2.45, 2.75) is 19.3 Å². The fourth-order valence-electron chi connectivity index (χ4n) is 7.62. The van der Waals surface area contributed by atoms with E-state index in [4.69, 9.17) is 19.4 Å². The minimum atomic E-state index is -0.218. The van der Waals surface area contributed by atoms with Crippen molar-refractivity contribution in [1.82, 2.24) is 15.0 Å². The Kier molecular flexibility index (Phi) is 6.19. The Morgan fingerprint density at radius 1 is 0.400 bits per heavy atom. The summed E-state index contributed by atoms with van der Waals surface area (Å²) in [6, 6.07) is 53.2. The second-order valence-electron chi connectivity index (χ2n) is 13.7. The van der Waals surface area contributed by atoms with Gasteiger partial charge in [-0.3, -0.25) is 0 Å². The Balaban J connectivity index is 1.07. The molecule has 9 aromatic rings. The monoisotopic (exact) mass is 641 g/mol. The molecule has 2 heterocycles. The lowest BCUT2D eigenvalue weighted by Crippen LogP contribution is -2.15. The summed E-state index contributed by atoms with van der Waals surface area (Å²) in [4.78, 5) is 15.1. The largest absolute Gasteiger partial charge is 0.456 e. The lowest BCUT2D eigenvalue weighted by Gasteiger charge is -2.22. The average molecular weight is 642 g/mol. The van der Waals surface area contributed by atoms with Crippen LogP contribution in [0.4, 0.5) is 0 Å². The highest BCUT2D eigenvalue weighted by Crippen LogP contribution is 2.51. The molecule has 0 unspecified atom stereocenters. The van der Waals surface area contributed by atoms with E-state index >= 15 is 0 Å². The van der Waals surface area contributed by atoms with E-state index in [0.717, 1.165) is 44.2 Å². The molecule has 0 N–H and O–H groups in total. The topological polar surface area (TPSA) is 51.8 Å². The van der Waals surface area contributed by atoms with Crippen LogP contribution in [0, 0.1) is 0 Å². The summed E-state index contributed by atoms with van der Waals surface area (Å²) in [6.07, 6.45) is 0. The van der Waals surface area contributed by atoms with Gasteiger partial charge in [-0.15, -0.1) is 0 Å². The molecule has 0 atom stereocenters. The number of furan rings is 1. The van der Waals surface area contributed by atoms with Crippen LogP contribution in [-0.4, -0.2) is 15.0 Å². The van der Waals surface area contributed by atoms with Crippen LogP contribution in [0.15, 0.2) is 156 Å². The molecule has 236 valence electrons. The second kappa shape index (κ2) is 10.8. The molecule has 0 saturated carbocycles. The summed E-state index contributed by atoms with van der Waals surface area (Å²) in [7, 11) is 0. The summed E-state index contributed by atoms with van der Waals surface area (Å²) >= 11 is 0. The van der Waals surface area contributed by atoms with Gasteiger partial charge in [-0.25, -0.2) is 15.0 Å². The van der Waals surface area contributed by atoms with Crippen LogP contribution in [0.3, 0.4) is 0 Å². The van der Waals surface area contributed by atoms with Gasteiger partial charge in [-0.05, 0) is 74.5 Å². The zero-order valence-corrected chi connectivity index (χ0v) is 27.7. The minimum absolute atomic E-state index is 0.218. The van der Waals surface area contributed by atoms with Gasteiger partial charge in [0.1, 0.15) is 11.2 Å². The predicted octanol–water partition coefficient (Wildman–Crippen LogP) is 11.9. The molecule has 10 rings (SSSR count). The maximum absolute atomic E-state index is 6.29. The highest BCUT2D eigenvalue weighted by atomic mass is 16.3. The second-order valence-corrected chi connectivity index (χ2v) is 13.7. The van der Waals surface area contributed by atoms with Gasteiger partial charge in [0.25, 0.3) is 0 Å². The van der Waals surface area contributed by atoms with E-state index in [2.05, 4.69) is 123 Å². The van der Waals surface area contributed by atoms with Gasteiger partial charge >= 0.3 is 0 Å². The normalized spacial score (nSPS) is 13.2. The fraction of sp³-hybridized carbons (Fsp3) is 0.0652. The van der Waals surface area contributed by atoms with Crippen molar-refractivity contribution in [3.05, 3.63) is 163 Å². The summed E-state index contributed by atoms with van der Waals surface area (Å²) < 4.78 is 6.29. The molecular weight excluding hydrogens is 611 g/mol. The molecular formula is C46H31N3O. The molecule has 4 nitrogen and oxygen atoms in total. The van der Waals surface area contributed by atoms with Crippen molar-refractivity contribution in [3.63, 3.8) is 0 Å². The van der Waals surface area contributed by atoms with Crippen LogP contribution in [0.5, 0.6) is 0 Å². The molecule has 1 aliphatic carbocycles. The smallest absolute Gasteiger partial charge is 0.164 e. The van der Waals surface area contributed by atoms with E-state index in [9.17, 15) is 0 Å². The van der Waals surface area contributed by atoms with Gasteiger partial charge < -0.3 is 4.42 Å². The van der Waals surface area contributed by atoms with Crippen LogP contribution in [0.1, 0.15) is 25.0 Å². The lowest BCUT2D eigenvalue weighted by atomic mass is 9.81. The van der Waals surface area contributed by atoms with Gasteiger partial charge in [0.15, 0.2) is 17.5 Å². The molecule has 0 spiro atoms. The molecule has 2 aromatic heterocycles. The van der Waals surface area contributed by atoms with Crippen LogP contribution in [0.2, 0.25) is 0 Å². The number of fused-ring (bicyclic) bond motifs is 7. The first-order valence-corrected chi connectivity index (χ1v) is 17.0. The van der Waals surface area contributed by atoms with Gasteiger partial charge in [0, 0.05) is 32.9 Å². The molecule has 50 heavy (non-hydrogen) atoms. The number of hydrogen-bond donors (Lipinski definition) is 0. The lowest BCUT2D eigenvalue weighted by molar-refractivity contribution is 0.658. The molecule has 0 fully saturated rings. The highest BCUT2D eigenvalue weighted by molar-refractivity contribution is 6.07. The quantitative estimate of drug-likeness (QED) is 0.192. The Hall–Kier alpha value is -6.39. The van der Waals surface area contributed by atoms with Crippen molar-refractivity contribution in [2.75, 3.05) is 0 Å². The third-order valence-electron chi connectivity index (χ3n) is 10.3. The Labute approximate surface area is 289 Å². The number of rotatable bonds is 4. The van der Waals surface area contributed by atoms with E-state index in [1.54, 1.807) is 0 Å². The van der Waals surface area contributed by atoms with Crippen LogP contribution < -0.4 is 0 Å². The van der Waals surface area contributed by atoms with Crippen LogP contribution in [0.25, 0.3) is 89.1 Å². The molecule has 0 amide bonds. The summed E-state index contributed by atoms with van der Waals surface area (Å²) in [6.45, 7) is 4.61. The molecule has 0 aliphatic heterocycles. The summed E-state index contributed by atoms with van der Waals surface area (Å²) in [5, 5.41) is 4.77. The number of nitrogens with zero attached hydrogens (tertiary/aromatic N) is 3. The van der Waals surface area contributed by atoms with Gasteiger partial charge in [0.2, 0.25) is 0 Å². The van der Waals surface area contributed by atoms with Crippen LogP contribution >= 0.6 is 0 Å². The average Bonchev–Trinajstić information content (AvgIpc) is 3.64. The first kappa shape index (κ1) is 28.6. The standard InChI is InChI=1S/C46H31N3O/c1-46(2)39-25-34(22-23-35(39)37-27-42-38(26-40(37)46)36-14-8-9-15-41(36)50-42)45-48-43(30-11-4-3-5-12-30)47-44(49-45)31-19-16-29(17-20-31)33-21-18-28-10-6-7-13-32(28)24-33/h3-27H,1-2H3.